The number of aromatic nitrogens is 2. The lowest BCUT2D eigenvalue weighted by Gasteiger charge is -2.41. The number of nitriles is 2. The van der Waals surface area contributed by atoms with E-state index in [0.717, 1.165) is 31.3 Å². The van der Waals surface area contributed by atoms with Gasteiger partial charge in [-0.1, -0.05) is 0 Å². The zero-order chi connectivity index (χ0) is 16.2. The zero-order valence-electron chi connectivity index (χ0n) is 12.8. The SMILES string of the molecule is C[C@@H]1CN(c2ccc(C#N)cn2)CCN1c1ccc(C#N)cn1. The van der Waals surface area contributed by atoms with Crippen molar-refractivity contribution in [3.8, 4) is 12.1 Å². The Morgan fingerprint density at radius 3 is 2.04 bits per heavy atom. The first-order valence-electron chi connectivity index (χ1n) is 7.45. The van der Waals surface area contributed by atoms with Gasteiger partial charge in [-0.05, 0) is 31.2 Å². The van der Waals surface area contributed by atoms with Gasteiger partial charge in [0.25, 0.3) is 0 Å². The van der Waals surface area contributed by atoms with E-state index in [9.17, 15) is 0 Å². The van der Waals surface area contributed by atoms with Crippen LogP contribution in [0.25, 0.3) is 0 Å². The van der Waals surface area contributed by atoms with Gasteiger partial charge in [0, 0.05) is 38.1 Å². The van der Waals surface area contributed by atoms with Crippen molar-refractivity contribution < 1.29 is 0 Å². The highest BCUT2D eigenvalue weighted by molar-refractivity contribution is 5.48. The molecular formula is C17H16N6. The van der Waals surface area contributed by atoms with Gasteiger partial charge in [0.15, 0.2) is 0 Å². The lowest BCUT2D eigenvalue weighted by atomic mass is 10.1. The fourth-order valence-corrected chi connectivity index (χ4v) is 2.77. The molecule has 1 fully saturated rings. The van der Waals surface area contributed by atoms with Crippen LogP contribution >= 0.6 is 0 Å². The minimum atomic E-state index is 0.279. The lowest BCUT2D eigenvalue weighted by molar-refractivity contribution is 0.543. The summed E-state index contributed by atoms with van der Waals surface area (Å²) in [6.07, 6.45) is 3.21. The molecule has 114 valence electrons. The fraction of sp³-hybridized carbons (Fsp3) is 0.294. The van der Waals surface area contributed by atoms with Gasteiger partial charge >= 0.3 is 0 Å². The van der Waals surface area contributed by atoms with Crippen LogP contribution in [0.1, 0.15) is 18.1 Å². The summed E-state index contributed by atoms with van der Waals surface area (Å²) < 4.78 is 0. The van der Waals surface area contributed by atoms with E-state index in [0.29, 0.717) is 11.1 Å². The van der Waals surface area contributed by atoms with Gasteiger partial charge in [0.1, 0.15) is 23.8 Å². The van der Waals surface area contributed by atoms with Gasteiger partial charge in [-0.2, -0.15) is 10.5 Å². The van der Waals surface area contributed by atoms with Crippen molar-refractivity contribution in [2.24, 2.45) is 0 Å². The molecule has 3 heterocycles. The summed E-state index contributed by atoms with van der Waals surface area (Å²) in [5.41, 5.74) is 1.14. The highest BCUT2D eigenvalue weighted by atomic mass is 15.3. The number of hydrogen-bond acceptors (Lipinski definition) is 6. The second-order valence-corrected chi connectivity index (χ2v) is 5.52. The fourth-order valence-electron chi connectivity index (χ4n) is 2.77. The van der Waals surface area contributed by atoms with Gasteiger partial charge in [-0.3, -0.25) is 0 Å². The quantitative estimate of drug-likeness (QED) is 0.843. The summed E-state index contributed by atoms with van der Waals surface area (Å²) in [6.45, 7) is 4.66. The Morgan fingerprint density at radius 1 is 0.957 bits per heavy atom. The molecule has 0 unspecified atom stereocenters. The molecule has 3 rings (SSSR count). The Bertz CT molecular complexity index is 754. The predicted molar refractivity (Wildman–Crippen MR) is 86.9 cm³/mol. The maximum absolute atomic E-state index is 8.85. The smallest absolute Gasteiger partial charge is 0.128 e. The van der Waals surface area contributed by atoms with Crippen LogP contribution in [0.3, 0.4) is 0 Å². The highest BCUT2D eigenvalue weighted by Crippen LogP contribution is 2.21. The third-order valence-corrected chi connectivity index (χ3v) is 4.00. The maximum atomic E-state index is 8.85. The first kappa shape index (κ1) is 14.8. The Balaban J connectivity index is 1.71. The molecular weight excluding hydrogens is 288 g/mol. The van der Waals surface area contributed by atoms with Crippen molar-refractivity contribution in [2.45, 2.75) is 13.0 Å². The summed E-state index contributed by atoms with van der Waals surface area (Å²) in [7, 11) is 0. The van der Waals surface area contributed by atoms with Crippen molar-refractivity contribution >= 4 is 11.6 Å². The second kappa shape index (κ2) is 6.33. The predicted octanol–water partition coefficient (Wildman–Crippen LogP) is 1.94. The number of hydrogen-bond donors (Lipinski definition) is 0. The van der Waals surface area contributed by atoms with E-state index < -0.39 is 0 Å². The molecule has 0 radical (unpaired) electrons. The molecule has 0 aromatic carbocycles. The molecule has 0 bridgehead atoms. The van der Waals surface area contributed by atoms with Crippen LogP contribution in [0.2, 0.25) is 0 Å². The number of piperazine rings is 1. The maximum Gasteiger partial charge on any atom is 0.128 e. The third kappa shape index (κ3) is 3.07. The minimum absolute atomic E-state index is 0.279. The third-order valence-electron chi connectivity index (χ3n) is 4.00. The number of nitrogens with zero attached hydrogens (tertiary/aromatic N) is 6. The van der Waals surface area contributed by atoms with Crippen molar-refractivity contribution in [3.05, 3.63) is 47.8 Å². The van der Waals surface area contributed by atoms with E-state index in [1.54, 1.807) is 24.5 Å². The molecule has 2 aromatic heterocycles. The minimum Gasteiger partial charge on any atom is -0.353 e. The van der Waals surface area contributed by atoms with Crippen LogP contribution in [0.15, 0.2) is 36.7 Å². The Labute approximate surface area is 135 Å². The first-order valence-corrected chi connectivity index (χ1v) is 7.45. The summed E-state index contributed by atoms with van der Waals surface area (Å²) in [5, 5.41) is 17.7. The average Bonchev–Trinajstić information content (AvgIpc) is 2.62. The van der Waals surface area contributed by atoms with E-state index in [-0.39, 0.29) is 6.04 Å². The van der Waals surface area contributed by atoms with E-state index in [2.05, 4.69) is 38.8 Å². The van der Waals surface area contributed by atoms with Gasteiger partial charge in [-0.25, -0.2) is 9.97 Å². The number of anilines is 2. The molecule has 0 saturated carbocycles. The summed E-state index contributed by atoms with van der Waals surface area (Å²) in [5.74, 6) is 1.78. The van der Waals surface area contributed by atoms with E-state index in [1.165, 1.54) is 0 Å². The zero-order valence-corrected chi connectivity index (χ0v) is 12.8. The van der Waals surface area contributed by atoms with Crippen molar-refractivity contribution in [1.29, 1.82) is 10.5 Å². The normalized spacial score (nSPS) is 17.4. The molecule has 1 aliphatic rings. The van der Waals surface area contributed by atoms with Crippen molar-refractivity contribution in [1.82, 2.24) is 9.97 Å². The summed E-state index contributed by atoms with van der Waals surface area (Å²) in [6, 6.07) is 11.8. The molecule has 2 aromatic rings. The molecule has 0 aliphatic carbocycles. The molecule has 6 nitrogen and oxygen atoms in total. The van der Waals surface area contributed by atoms with Gasteiger partial charge in [-0.15, -0.1) is 0 Å². The Kier molecular flexibility index (Phi) is 4.07. The topological polar surface area (TPSA) is 79.8 Å². The van der Waals surface area contributed by atoms with Crippen LogP contribution < -0.4 is 9.80 Å². The van der Waals surface area contributed by atoms with Gasteiger partial charge < -0.3 is 9.80 Å². The monoisotopic (exact) mass is 304 g/mol. The molecule has 0 amide bonds. The van der Waals surface area contributed by atoms with Crippen molar-refractivity contribution in [2.75, 3.05) is 29.4 Å². The second-order valence-electron chi connectivity index (χ2n) is 5.52. The van der Waals surface area contributed by atoms with Crippen LogP contribution in [-0.2, 0) is 0 Å². The number of rotatable bonds is 2. The molecule has 0 N–H and O–H groups in total. The molecule has 1 saturated heterocycles. The number of pyridine rings is 2. The molecule has 0 spiro atoms. The average molecular weight is 304 g/mol. The van der Waals surface area contributed by atoms with Crippen molar-refractivity contribution in [3.63, 3.8) is 0 Å². The summed E-state index contributed by atoms with van der Waals surface area (Å²) in [4.78, 5) is 13.2. The van der Waals surface area contributed by atoms with Gasteiger partial charge in [0.2, 0.25) is 0 Å². The van der Waals surface area contributed by atoms with Crippen LogP contribution in [0, 0.1) is 22.7 Å². The Hall–Kier alpha value is -3.12. The summed E-state index contributed by atoms with van der Waals surface area (Å²) >= 11 is 0. The largest absolute Gasteiger partial charge is 0.353 e. The van der Waals surface area contributed by atoms with Crippen LogP contribution in [-0.4, -0.2) is 35.6 Å². The highest BCUT2D eigenvalue weighted by Gasteiger charge is 2.25. The Morgan fingerprint density at radius 2 is 1.57 bits per heavy atom. The molecule has 23 heavy (non-hydrogen) atoms. The molecule has 1 aliphatic heterocycles. The molecule has 1 atom stereocenters. The van der Waals surface area contributed by atoms with E-state index >= 15 is 0 Å². The van der Waals surface area contributed by atoms with Gasteiger partial charge in [0.05, 0.1) is 11.1 Å². The standard InChI is InChI=1S/C17H16N6/c1-13-12-22(16-4-2-14(8-18)10-20-16)6-7-23(13)17-5-3-15(9-19)11-21-17/h2-5,10-11,13H,6-7,12H2,1H3/t13-/m1/s1. The first-order chi connectivity index (χ1) is 11.2. The van der Waals surface area contributed by atoms with Crippen LogP contribution in [0.4, 0.5) is 11.6 Å². The van der Waals surface area contributed by atoms with E-state index in [1.807, 2.05) is 12.1 Å². The molecule has 6 heteroatoms. The van der Waals surface area contributed by atoms with E-state index in [4.69, 9.17) is 10.5 Å². The lowest BCUT2D eigenvalue weighted by Crippen LogP contribution is -2.52. The van der Waals surface area contributed by atoms with Crippen LogP contribution in [0.5, 0.6) is 0 Å².